The zero-order chi connectivity index (χ0) is 15.6. The van der Waals surface area contributed by atoms with Crippen LogP contribution in [-0.2, 0) is 11.3 Å². The van der Waals surface area contributed by atoms with Crippen molar-refractivity contribution in [3.05, 3.63) is 35.9 Å². The molecule has 1 aliphatic carbocycles. The molecule has 2 rings (SSSR count). The van der Waals surface area contributed by atoms with E-state index in [1.165, 1.54) is 5.56 Å². The van der Waals surface area contributed by atoms with Crippen molar-refractivity contribution in [2.45, 2.75) is 59.9 Å². The van der Waals surface area contributed by atoms with E-state index in [1.54, 1.807) is 0 Å². The standard InChI is InChI=1S/C19H30O2/c1-6-19(5)16(18(19)20)14(4)17(13(2)3)21-12-15-10-8-7-9-11-15/h7-11,13-14,16-18,20H,6,12H2,1-5H3. The van der Waals surface area contributed by atoms with Crippen molar-refractivity contribution in [1.29, 1.82) is 0 Å². The lowest BCUT2D eigenvalue weighted by Gasteiger charge is -2.29. The van der Waals surface area contributed by atoms with Crippen molar-refractivity contribution in [1.82, 2.24) is 0 Å². The van der Waals surface area contributed by atoms with Crippen molar-refractivity contribution < 1.29 is 9.84 Å². The molecule has 2 heteroatoms. The van der Waals surface area contributed by atoms with E-state index in [1.807, 2.05) is 18.2 Å². The van der Waals surface area contributed by atoms with Gasteiger partial charge in [-0.1, -0.05) is 65.0 Å². The maximum absolute atomic E-state index is 10.3. The molecule has 5 unspecified atom stereocenters. The normalized spacial score (nSPS) is 31.2. The summed E-state index contributed by atoms with van der Waals surface area (Å²) in [5.74, 6) is 1.21. The first kappa shape index (κ1) is 16.5. The largest absolute Gasteiger partial charge is 0.392 e. The Morgan fingerprint density at radius 2 is 1.81 bits per heavy atom. The van der Waals surface area contributed by atoms with Gasteiger partial charge in [-0.2, -0.15) is 0 Å². The number of hydrogen-bond donors (Lipinski definition) is 1. The van der Waals surface area contributed by atoms with Gasteiger partial charge in [0.2, 0.25) is 0 Å². The Labute approximate surface area is 129 Å². The summed E-state index contributed by atoms with van der Waals surface area (Å²) in [7, 11) is 0. The molecule has 1 saturated carbocycles. The Balaban J connectivity index is 1.99. The summed E-state index contributed by atoms with van der Waals surface area (Å²) in [4.78, 5) is 0. The summed E-state index contributed by atoms with van der Waals surface area (Å²) >= 11 is 0. The molecule has 1 aromatic rings. The van der Waals surface area contributed by atoms with Crippen LogP contribution in [0.25, 0.3) is 0 Å². The molecule has 0 bridgehead atoms. The molecule has 1 aliphatic rings. The van der Waals surface area contributed by atoms with E-state index >= 15 is 0 Å². The van der Waals surface area contributed by atoms with Crippen molar-refractivity contribution in [2.75, 3.05) is 0 Å². The van der Waals surface area contributed by atoms with Crippen molar-refractivity contribution in [3.8, 4) is 0 Å². The minimum atomic E-state index is -0.168. The third-order valence-corrected chi connectivity index (χ3v) is 5.46. The molecule has 118 valence electrons. The van der Waals surface area contributed by atoms with Gasteiger partial charge in [-0.15, -0.1) is 0 Å². The number of rotatable bonds is 7. The summed E-state index contributed by atoms with van der Waals surface area (Å²) < 4.78 is 6.23. The van der Waals surface area contributed by atoms with Crippen LogP contribution in [-0.4, -0.2) is 17.3 Å². The summed E-state index contributed by atoms with van der Waals surface area (Å²) in [5.41, 5.74) is 1.30. The molecule has 0 amide bonds. The fourth-order valence-electron chi connectivity index (χ4n) is 3.83. The molecule has 0 spiro atoms. The van der Waals surface area contributed by atoms with Gasteiger partial charge in [-0.25, -0.2) is 0 Å². The van der Waals surface area contributed by atoms with Crippen LogP contribution in [0.15, 0.2) is 30.3 Å². The second-order valence-corrected chi connectivity index (χ2v) is 7.19. The quantitative estimate of drug-likeness (QED) is 0.812. The van der Waals surface area contributed by atoms with Crippen LogP contribution in [0.4, 0.5) is 0 Å². The Bertz CT molecular complexity index is 442. The predicted molar refractivity (Wildman–Crippen MR) is 86.9 cm³/mol. The zero-order valence-corrected chi connectivity index (χ0v) is 14.0. The number of benzene rings is 1. The summed E-state index contributed by atoms with van der Waals surface area (Å²) in [6.07, 6.45) is 1.06. The summed E-state index contributed by atoms with van der Waals surface area (Å²) in [6.45, 7) is 11.7. The number of hydrogen-bond acceptors (Lipinski definition) is 2. The van der Waals surface area contributed by atoms with Crippen molar-refractivity contribution in [3.63, 3.8) is 0 Å². The molecule has 2 nitrogen and oxygen atoms in total. The lowest BCUT2D eigenvalue weighted by Crippen LogP contribution is -2.30. The second-order valence-electron chi connectivity index (χ2n) is 7.19. The Morgan fingerprint density at radius 1 is 1.19 bits per heavy atom. The minimum Gasteiger partial charge on any atom is -0.392 e. The van der Waals surface area contributed by atoms with Gasteiger partial charge in [-0.05, 0) is 35.2 Å². The topological polar surface area (TPSA) is 29.5 Å². The van der Waals surface area contributed by atoms with Gasteiger partial charge >= 0.3 is 0 Å². The van der Waals surface area contributed by atoms with E-state index in [0.717, 1.165) is 6.42 Å². The van der Waals surface area contributed by atoms with E-state index in [9.17, 15) is 5.11 Å². The van der Waals surface area contributed by atoms with E-state index in [-0.39, 0.29) is 17.6 Å². The average Bonchev–Trinajstić information content (AvgIpc) is 3.02. The summed E-state index contributed by atoms with van der Waals surface area (Å²) in [5, 5.41) is 10.3. The fraction of sp³-hybridized carbons (Fsp3) is 0.684. The fourth-order valence-corrected chi connectivity index (χ4v) is 3.83. The smallest absolute Gasteiger partial charge is 0.0720 e. The van der Waals surface area contributed by atoms with Gasteiger partial charge in [-0.3, -0.25) is 0 Å². The summed E-state index contributed by atoms with van der Waals surface area (Å²) in [6, 6.07) is 10.3. The second kappa shape index (κ2) is 6.50. The van der Waals surface area contributed by atoms with Crippen LogP contribution in [0.1, 0.15) is 46.6 Å². The SMILES string of the molecule is CCC1(C)C(O)C1C(C)C(OCc1ccccc1)C(C)C. The monoisotopic (exact) mass is 290 g/mol. The first-order valence-electron chi connectivity index (χ1n) is 8.25. The van der Waals surface area contributed by atoms with Gasteiger partial charge < -0.3 is 9.84 Å². The first-order chi connectivity index (χ1) is 9.91. The Hall–Kier alpha value is -0.860. The highest BCUT2D eigenvalue weighted by atomic mass is 16.5. The maximum Gasteiger partial charge on any atom is 0.0720 e. The molecule has 0 aromatic heterocycles. The first-order valence-corrected chi connectivity index (χ1v) is 8.25. The number of ether oxygens (including phenoxy) is 1. The molecule has 0 saturated heterocycles. The highest BCUT2D eigenvalue weighted by molar-refractivity contribution is 5.14. The van der Waals surface area contributed by atoms with Crippen LogP contribution >= 0.6 is 0 Å². The Kier molecular flexibility index (Phi) is 5.11. The molecular formula is C19H30O2. The van der Waals surface area contributed by atoms with Gasteiger partial charge in [0.15, 0.2) is 0 Å². The van der Waals surface area contributed by atoms with Crippen LogP contribution in [0, 0.1) is 23.2 Å². The van der Waals surface area contributed by atoms with E-state index < -0.39 is 0 Å². The number of aliphatic hydroxyl groups is 1. The van der Waals surface area contributed by atoms with Crippen LogP contribution in [0.2, 0.25) is 0 Å². The highest BCUT2D eigenvalue weighted by Crippen LogP contribution is 2.59. The predicted octanol–water partition coefficient (Wildman–Crippen LogP) is 4.27. The molecule has 1 N–H and O–H groups in total. The zero-order valence-electron chi connectivity index (χ0n) is 14.0. The maximum atomic E-state index is 10.3. The molecular weight excluding hydrogens is 260 g/mol. The van der Waals surface area contributed by atoms with Crippen molar-refractivity contribution in [2.24, 2.45) is 23.2 Å². The molecule has 0 aliphatic heterocycles. The molecule has 5 atom stereocenters. The van der Waals surface area contributed by atoms with E-state index in [2.05, 4.69) is 46.8 Å². The third-order valence-electron chi connectivity index (χ3n) is 5.46. The molecule has 0 heterocycles. The van der Waals surface area contributed by atoms with Gasteiger partial charge in [0, 0.05) is 0 Å². The average molecular weight is 290 g/mol. The highest BCUT2D eigenvalue weighted by Gasteiger charge is 2.62. The van der Waals surface area contributed by atoms with Gasteiger partial charge in [0.1, 0.15) is 0 Å². The van der Waals surface area contributed by atoms with Gasteiger partial charge in [0.25, 0.3) is 0 Å². The third kappa shape index (κ3) is 3.32. The Morgan fingerprint density at radius 3 is 2.29 bits per heavy atom. The molecule has 1 fully saturated rings. The lowest BCUT2D eigenvalue weighted by molar-refractivity contribution is -0.0348. The van der Waals surface area contributed by atoms with E-state index in [0.29, 0.717) is 24.4 Å². The van der Waals surface area contributed by atoms with Crippen LogP contribution < -0.4 is 0 Å². The molecule has 1 aromatic carbocycles. The molecule has 21 heavy (non-hydrogen) atoms. The van der Waals surface area contributed by atoms with Gasteiger partial charge in [0.05, 0.1) is 18.8 Å². The number of aliphatic hydroxyl groups excluding tert-OH is 1. The molecule has 0 radical (unpaired) electrons. The van der Waals surface area contributed by atoms with Crippen LogP contribution in [0.5, 0.6) is 0 Å². The van der Waals surface area contributed by atoms with Crippen LogP contribution in [0.3, 0.4) is 0 Å². The van der Waals surface area contributed by atoms with E-state index in [4.69, 9.17) is 4.74 Å². The minimum absolute atomic E-state index is 0.0860. The lowest BCUT2D eigenvalue weighted by atomic mass is 9.86. The van der Waals surface area contributed by atoms with Crippen molar-refractivity contribution >= 4 is 0 Å².